The number of Topliss-reactive ketones (excluding diaryl/α,β-unsaturated/α-hetero) is 2. The summed E-state index contributed by atoms with van der Waals surface area (Å²) >= 11 is 5.30. The smallest absolute Gasteiger partial charge is 0.136 e. The molecule has 2 nitrogen and oxygen atoms in total. The summed E-state index contributed by atoms with van der Waals surface area (Å²) in [6, 6.07) is 0. The van der Waals surface area contributed by atoms with Crippen LogP contribution in [0.5, 0.6) is 0 Å². The molecule has 1 unspecified atom stereocenters. The third-order valence-electron chi connectivity index (χ3n) is 2.46. The summed E-state index contributed by atoms with van der Waals surface area (Å²) in [5, 5.41) is 0. The zero-order valence-corrected chi connectivity index (χ0v) is 13.0. The molecule has 0 N–H and O–H groups in total. The Labute approximate surface area is 112 Å². The summed E-state index contributed by atoms with van der Waals surface area (Å²) in [7, 11) is -0.201. The third kappa shape index (κ3) is 9.60. The molecule has 0 aromatic heterocycles. The molecule has 0 aromatic carbocycles. The van der Waals surface area contributed by atoms with Crippen LogP contribution < -0.4 is 0 Å². The predicted octanol–water partition coefficient (Wildman–Crippen LogP) is 2.69. The van der Waals surface area contributed by atoms with E-state index in [1.807, 2.05) is 27.7 Å². The van der Waals surface area contributed by atoms with Gasteiger partial charge in [0.25, 0.3) is 0 Å². The third-order valence-corrected chi connectivity index (χ3v) is 4.78. The van der Waals surface area contributed by atoms with E-state index in [0.717, 1.165) is 11.5 Å². The number of carbonyl (C=O) groups excluding carboxylic acids is 2. The van der Waals surface area contributed by atoms with E-state index in [9.17, 15) is 9.59 Å². The van der Waals surface area contributed by atoms with E-state index >= 15 is 0 Å². The van der Waals surface area contributed by atoms with Crippen molar-refractivity contribution in [2.75, 3.05) is 11.5 Å². The molecule has 0 radical (unpaired) electrons. The van der Waals surface area contributed by atoms with E-state index in [0.29, 0.717) is 31.0 Å². The van der Waals surface area contributed by atoms with Crippen LogP contribution in [0.25, 0.3) is 0 Å². The quantitative estimate of drug-likeness (QED) is 0.649. The van der Waals surface area contributed by atoms with Gasteiger partial charge >= 0.3 is 0 Å². The van der Waals surface area contributed by atoms with Crippen LogP contribution in [-0.4, -0.2) is 23.1 Å². The molecule has 0 aliphatic rings. The fourth-order valence-corrected chi connectivity index (χ4v) is 2.98. The van der Waals surface area contributed by atoms with Crippen LogP contribution in [0.4, 0.5) is 0 Å². The Morgan fingerprint density at radius 3 is 2.06 bits per heavy atom. The lowest BCUT2D eigenvalue weighted by molar-refractivity contribution is -0.121. The van der Waals surface area contributed by atoms with Gasteiger partial charge in [-0.15, -0.1) is 9.45 Å². The minimum Gasteiger partial charge on any atom is -0.300 e. The van der Waals surface area contributed by atoms with Crippen molar-refractivity contribution in [3.05, 3.63) is 0 Å². The van der Waals surface area contributed by atoms with Gasteiger partial charge in [-0.05, 0) is 5.92 Å². The highest BCUT2D eigenvalue weighted by Crippen LogP contribution is 2.05. The molecule has 0 aromatic rings. The lowest BCUT2D eigenvalue weighted by atomic mass is 10.1. The maximum atomic E-state index is 11.5. The molecule has 100 valence electrons. The highest BCUT2D eigenvalue weighted by atomic mass is 32.8. The van der Waals surface area contributed by atoms with Gasteiger partial charge in [0.05, 0.1) is 0 Å². The van der Waals surface area contributed by atoms with Crippen molar-refractivity contribution < 1.29 is 9.59 Å². The topological polar surface area (TPSA) is 34.1 Å². The molecule has 0 fully saturated rings. The van der Waals surface area contributed by atoms with Gasteiger partial charge < -0.3 is 0 Å². The molecule has 0 aliphatic carbocycles. The minimum absolute atomic E-state index is 0.101. The van der Waals surface area contributed by atoms with Crippen LogP contribution >= 0.6 is 0 Å². The Morgan fingerprint density at radius 2 is 1.59 bits per heavy atom. The van der Waals surface area contributed by atoms with Gasteiger partial charge in [-0.2, -0.15) is 0 Å². The lowest BCUT2D eigenvalue weighted by Gasteiger charge is -2.07. The van der Waals surface area contributed by atoms with Crippen molar-refractivity contribution >= 4 is 32.2 Å². The molecular weight excluding hydrogens is 252 g/mol. The number of hydrogen-bond donors (Lipinski definition) is 0. The van der Waals surface area contributed by atoms with Crippen molar-refractivity contribution in [3.8, 4) is 0 Å². The van der Waals surface area contributed by atoms with E-state index in [4.69, 9.17) is 11.2 Å². The average Bonchev–Trinajstić information content (AvgIpc) is 2.21. The van der Waals surface area contributed by atoms with E-state index < -0.39 is 0 Å². The van der Waals surface area contributed by atoms with Crippen LogP contribution in [0, 0.1) is 11.8 Å². The highest BCUT2D eigenvalue weighted by Gasteiger charge is 2.09. The molecule has 0 heterocycles. The van der Waals surface area contributed by atoms with Crippen LogP contribution in [0.15, 0.2) is 0 Å². The molecular formula is C13H24O2S2. The van der Waals surface area contributed by atoms with Crippen LogP contribution in [0.1, 0.15) is 47.0 Å². The molecule has 0 rings (SSSR count). The molecule has 0 aliphatic heterocycles. The monoisotopic (exact) mass is 276 g/mol. The Balaban J connectivity index is 3.74. The SMILES string of the molecule is CC(C)CC(=O)CCS(=S)CCC(=O)C(C)C. The Kier molecular flexibility index (Phi) is 8.88. The first-order valence-electron chi connectivity index (χ1n) is 6.22. The molecule has 0 spiro atoms. The lowest BCUT2D eigenvalue weighted by Crippen LogP contribution is -2.14. The molecule has 0 saturated carbocycles. The van der Waals surface area contributed by atoms with Gasteiger partial charge in [0.15, 0.2) is 0 Å². The van der Waals surface area contributed by atoms with Crippen molar-refractivity contribution in [3.63, 3.8) is 0 Å². The second-order valence-electron chi connectivity index (χ2n) is 5.11. The van der Waals surface area contributed by atoms with Crippen molar-refractivity contribution in [2.45, 2.75) is 47.0 Å². The zero-order chi connectivity index (χ0) is 13.4. The summed E-state index contributed by atoms with van der Waals surface area (Å²) < 4.78 is 0. The minimum atomic E-state index is -0.201. The first-order valence-corrected chi connectivity index (χ1v) is 8.71. The summed E-state index contributed by atoms with van der Waals surface area (Å²) in [6.45, 7) is 7.92. The first kappa shape index (κ1) is 16.9. The predicted molar refractivity (Wildman–Crippen MR) is 78.0 cm³/mol. The zero-order valence-electron chi connectivity index (χ0n) is 11.3. The molecule has 0 saturated heterocycles. The normalized spacial score (nSPS) is 13.1. The Hall–Kier alpha value is -0.0900. The fourth-order valence-electron chi connectivity index (χ4n) is 1.39. The van der Waals surface area contributed by atoms with E-state index in [1.165, 1.54) is 0 Å². The van der Waals surface area contributed by atoms with Gasteiger partial charge in [-0.25, -0.2) is 0 Å². The molecule has 1 atom stereocenters. The molecule has 17 heavy (non-hydrogen) atoms. The van der Waals surface area contributed by atoms with E-state index in [1.54, 1.807) is 0 Å². The Morgan fingerprint density at radius 1 is 1.06 bits per heavy atom. The van der Waals surface area contributed by atoms with Gasteiger partial charge in [-0.1, -0.05) is 38.9 Å². The fraction of sp³-hybridized carbons (Fsp3) is 0.846. The number of hydrogen-bond acceptors (Lipinski definition) is 3. The molecule has 0 amide bonds. The van der Waals surface area contributed by atoms with Crippen LogP contribution in [-0.2, 0) is 30.2 Å². The van der Waals surface area contributed by atoms with Gasteiger partial charge in [0.2, 0.25) is 0 Å². The largest absolute Gasteiger partial charge is 0.300 e. The van der Waals surface area contributed by atoms with Crippen molar-refractivity contribution in [2.24, 2.45) is 11.8 Å². The first-order chi connectivity index (χ1) is 7.82. The van der Waals surface area contributed by atoms with Crippen molar-refractivity contribution in [1.82, 2.24) is 0 Å². The second kappa shape index (κ2) is 8.92. The summed E-state index contributed by atoms with van der Waals surface area (Å²) in [4.78, 5) is 22.9. The standard InChI is InChI=1S/C13H24O2S2/c1-10(2)9-12(14)5-7-17(16)8-6-13(15)11(3)4/h10-11H,5-9H2,1-4H3. The van der Waals surface area contributed by atoms with Gasteiger partial charge in [0, 0.05) is 36.7 Å². The van der Waals surface area contributed by atoms with Crippen LogP contribution in [0.3, 0.4) is 0 Å². The van der Waals surface area contributed by atoms with E-state index in [-0.39, 0.29) is 21.2 Å². The van der Waals surface area contributed by atoms with E-state index in [2.05, 4.69) is 0 Å². The Bertz CT molecular complexity index is 283. The number of carbonyl (C=O) groups is 2. The summed E-state index contributed by atoms with van der Waals surface area (Å²) in [5.41, 5.74) is 0. The maximum absolute atomic E-state index is 11.5. The van der Waals surface area contributed by atoms with Gasteiger partial charge in [0.1, 0.15) is 11.6 Å². The van der Waals surface area contributed by atoms with Gasteiger partial charge in [-0.3, -0.25) is 9.59 Å². The molecule has 0 bridgehead atoms. The summed E-state index contributed by atoms with van der Waals surface area (Å²) in [5.74, 6) is 2.65. The van der Waals surface area contributed by atoms with Crippen LogP contribution in [0.2, 0.25) is 0 Å². The number of rotatable bonds is 9. The van der Waals surface area contributed by atoms with Crippen molar-refractivity contribution in [1.29, 1.82) is 0 Å². The average molecular weight is 276 g/mol. The number of ketones is 2. The second-order valence-corrected chi connectivity index (χ2v) is 8.22. The highest BCUT2D eigenvalue weighted by molar-refractivity contribution is 8.28. The molecule has 4 heteroatoms. The maximum Gasteiger partial charge on any atom is 0.136 e. The summed E-state index contributed by atoms with van der Waals surface area (Å²) in [6.07, 6.45) is 1.81.